The first kappa shape index (κ1) is 21.8. The van der Waals surface area contributed by atoms with Crippen molar-refractivity contribution in [3.63, 3.8) is 0 Å². The van der Waals surface area contributed by atoms with Gasteiger partial charge in [0.05, 0.1) is 20.6 Å². The van der Waals surface area contributed by atoms with Crippen LogP contribution in [0.4, 0.5) is 8.78 Å². The zero-order valence-electron chi connectivity index (χ0n) is 16.2. The second-order valence-electron chi connectivity index (χ2n) is 7.87. The van der Waals surface area contributed by atoms with E-state index in [0.717, 1.165) is 30.9 Å². The third-order valence-electron chi connectivity index (χ3n) is 4.38. The molecule has 2 nitrogen and oxygen atoms in total. The molecule has 0 radical (unpaired) electrons. The van der Waals surface area contributed by atoms with Crippen LogP contribution in [-0.4, -0.2) is 20.7 Å². The molecule has 0 N–H and O–H groups in total. The van der Waals surface area contributed by atoms with Crippen LogP contribution in [0.15, 0.2) is 24.3 Å². The fourth-order valence-corrected chi connectivity index (χ4v) is 3.81. The molecule has 1 unspecified atom stereocenters. The van der Waals surface area contributed by atoms with Gasteiger partial charge in [0, 0.05) is 12.0 Å². The lowest BCUT2D eigenvalue weighted by atomic mass is 9.97. The summed E-state index contributed by atoms with van der Waals surface area (Å²) in [6, 6.07) is 6.59. The van der Waals surface area contributed by atoms with Crippen LogP contribution in [0.3, 0.4) is 0 Å². The summed E-state index contributed by atoms with van der Waals surface area (Å²) in [5, 5.41) is 1.14. The van der Waals surface area contributed by atoms with Gasteiger partial charge in [-0.1, -0.05) is 82.2 Å². The molecule has 0 saturated carbocycles. The number of unbranched alkanes of at least 4 members (excludes halogenated alkanes) is 3. The highest BCUT2D eigenvalue weighted by molar-refractivity contribution is 6.88. The highest BCUT2D eigenvalue weighted by atomic mass is 28.3. The van der Waals surface area contributed by atoms with Gasteiger partial charge in [0.15, 0.2) is 0 Å². The van der Waals surface area contributed by atoms with Crippen molar-refractivity contribution in [1.29, 1.82) is 0 Å². The van der Waals surface area contributed by atoms with Crippen LogP contribution in [0.5, 0.6) is 0 Å². The molecule has 0 aliphatic carbocycles. The third-order valence-corrected chi connectivity index (χ3v) is 6.45. The maximum Gasteiger partial charge on any atom is 0.308 e. The SMILES string of the molecule is CCCCCCOC(=O)C(C)CC(F)(F)c1ccc([Si](C)(C)C)cc1. The van der Waals surface area contributed by atoms with Crippen molar-refractivity contribution in [3.05, 3.63) is 29.8 Å². The second kappa shape index (κ2) is 9.46. The number of hydrogen-bond acceptors (Lipinski definition) is 2. The van der Waals surface area contributed by atoms with Crippen LogP contribution < -0.4 is 5.19 Å². The largest absolute Gasteiger partial charge is 0.465 e. The maximum atomic E-state index is 14.5. The molecule has 0 amide bonds. The Morgan fingerprint density at radius 1 is 1.12 bits per heavy atom. The number of ether oxygens (including phenoxy) is 1. The monoisotopic (exact) mass is 370 g/mol. The molecule has 0 heterocycles. The molecule has 0 fully saturated rings. The zero-order chi connectivity index (χ0) is 19.1. The van der Waals surface area contributed by atoms with E-state index >= 15 is 0 Å². The summed E-state index contributed by atoms with van der Waals surface area (Å²) in [5.41, 5.74) is -0.0305. The molecule has 142 valence electrons. The average molecular weight is 371 g/mol. The van der Waals surface area contributed by atoms with Crippen LogP contribution in [0, 0.1) is 5.92 Å². The Bertz CT molecular complexity index is 536. The first-order chi connectivity index (χ1) is 11.6. The lowest BCUT2D eigenvalue weighted by Crippen LogP contribution is -2.37. The summed E-state index contributed by atoms with van der Waals surface area (Å²) in [6.07, 6.45) is 3.47. The number of carbonyl (C=O) groups excluding carboxylic acids is 1. The third kappa shape index (κ3) is 7.26. The molecule has 1 aromatic rings. The van der Waals surface area contributed by atoms with Gasteiger partial charge in [0.25, 0.3) is 5.92 Å². The Kier molecular flexibility index (Phi) is 8.25. The van der Waals surface area contributed by atoms with E-state index in [-0.39, 0.29) is 5.56 Å². The van der Waals surface area contributed by atoms with Crippen LogP contribution in [0.2, 0.25) is 19.6 Å². The average Bonchev–Trinajstić information content (AvgIpc) is 2.53. The van der Waals surface area contributed by atoms with Gasteiger partial charge in [-0.2, -0.15) is 0 Å². The Morgan fingerprint density at radius 2 is 1.72 bits per heavy atom. The van der Waals surface area contributed by atoms with Crippen LogP contribution in [-0.2, 0) is 15.5 Å². The molecule has 0 aliphatic rings. The molecule has 0 aliphatic heterocycles. The Balaban J connectivity index is 2.59. The molecule has 0 aromatic heterocycles. The number of halogens is 2. The van der Waals surface area contributed by atoms with E-state index in [1.54, 1.807) is 12.1 Å². The van der Waals surface area contributed by atoms with Gasteiger partial charge in [-0.25, -0.2) is 8.78 Å². The minimum Gasteiger partial charge on any atom is -0.465 e. The van der Waals surface area contributed by atoms with E-state index in [1.807, 2.05) is 0 Å². The van der Waals surface area contributed by atoms with Gasteiger partial charge >= 0.3 is 5.97 Å². The van der Waals surface area contributed by atoms with E-state index in [4.69, 9.17) is 4.74 Å². The van der Waals surface area contributed by atoms with E-state index < -0.39 is 32.3 Å². The molecule has 25 heavy (non-hydrogen) atoms. The normalized spacial score (nSPS) is 13.6. The summed E-state index contributed by atoms with van der Waals surface area (Å²) < 4.78 is 34.1. The highest BCUT2D eigenvalue weighted by Gasteiger charge is 2.36. The second-order valence-corrected chi connectivity index (χ2v) is 12.9. The predicted molar refractivity (Wildman–Crippen MR) is 102 cm³/mol. The van der Waals surface area contributed by atoms with E-state index in [0.29, 0.717) is 6.61 Å². The summed E-state index contributed by atoms with van der Waals surface area (Å²) in [4.78, 5) is 11.9. The Labute approximate surface area is 152 Å². The van der Waals surface area contributed by atoms with Crippen LogP contribution >= 0.6 is 0 Å². The van der Waals surface area contributed by atoms with Gasteiger partial charge < -0.3 is 4.74 Å². The lowest BCUT2D eigenvalue weighted by Gasteiger charge is -2.22. The van der Waals surface area contributed by atoms with Crippen LogP contribution in [0.25, 0.3) is 0 Å². The van der Waals surface area contributed by atoms with Crippen molar-refractivity contribution in [2.45, 2.75) is 71.5 Å². The van der Waals surface area contributed by atoms with Gasteiger partial charge in [0.2, 0.25) is 0 Å². The maximum absolute atomic E-state index is 14.5. The van der Waals surface area contributed by atoms with E-state index in [9.17, 15) is 13.6 Å². The number of alkyl halides is 2. The van der Waals surface area contributed by atoms with Gasteiger partial charge in [-0.3, -0.25) is 4.79 Å². The van der Waals surface area contributed by atoms with Gasteiger partial charge in [-0.05, 0) is 6.42 Å². The number of carbonyl (C=O) groups is 1. The molecule has 1 rings (SSSR count). The summed E-state index contributed by atoms with van der Waals surface area (Å²) >= 11 is 0. The number of benzene rings is 1. The van der Waals surface area contributed by atoms with Crippen molar-refractivity contribution in [1.82, 2.24) is 0 Å². The van der Waals surface area contributed by atoms with Crippen molar-refractivity contribution in [2.24, 2.45) is 5.92 Å². The van der Waals surface area contributed by atoms with Gasteiger partial charge in [-0.15, -0.1) is 0 Å². The fourth-order valence-electron chi connectivity index (χ4n) is 2.64. The standard InChI is InChI=1S/C20H32F2O2Si/c1-6-7-8-9-14-24-19(23)16(2)15-20(21,22)17-10-12-18(13-11-17)25(3,4)5/h10-13,16H,6-9,14-15H2,1-5H3. The minimum atomic E-state index is -3.03. The Morgan fingerprint density at radius 3 is 2.24 bits per heavy atom. The molecule has 1 aromatic carbocycles. The molecule has 1 atom stereocenters. The smallest absolute Gasteiger partial charge is 0.308 e. The van der Waals surface area contributed by atoms with Crippen molar-refractivity contribution in [2.75, 3.05) is 6.61 Å². The summed E-state index contributed by atoms with van der Waals surface area (Å²) in [5.74, 6) is -4.38. The van der Waals surface area contributed by atoms with Gasteiger partial charge in [0.1, 0.15) is 0 Å². The van der Waals surface area contributed by atoms with E-state index in [1.165, 1.54) is 19.1 Å². The molecular formula is C20H32F2O2Si. The highest BCUT2D eigenvalue weighted by Crippen LogP contribution is 2.34. The zero-order valence-corrected chi connectivity index (χ0v) is 17.2. The predicted octanol–water partition coefficient (Wildman–Crippen LogP) is 5.47. The molecular weight excluding hydrogens is 338 g/mol. The van der Waals surface area contributed by atoms with Crippen molar-refractivity contribution >= 4 is 19.2 Å². The lowest BCUT2D eigenvalue weighted by molar-refractivity contribution is -0.151. The quantitative estimate of drug-likeness (QED) is 0.310. The molecule has 5 heteroatoms. The summed E-state index contributed by atoms with van der Waals surface area (Å²) in [7, 11) is -1.51. The minimum absolute atomic E-state index is 0.0305. The fraction of sp³-hybridized carbons (Fsp3) is 0.650. The van der Waals surface area contributed by atoms with Crippen LogP contribution in [0.1, 0.15) is 51.5 Å². The molecule has 0 spiro atoms. The first-order valence-corrected chi connectivity index (χ1v) is 12.7. The van der Waals surface area contributed by atoms with Crippen molar-refractivity contribution in [3.8, 4) is 0 Å². The molecule has 0 saturated heterocycles. The van der Waals surface area contributed by atoms with E-state index in [2.05, 4.69) is 26.6 Å². The first-order valence-electron chi connectivity index (χ1n) is 9.23. The Hall–Kier alpha value is -1.23. The number of esters is 1. The summed E-state index contributed by atoms with van der Waals surface area (Å²) in [6.45, 7) is 10.5. The number of hydrogen-bond donors (Lipinski definition) is 0. The molecule has 0 bridgehead atoms. The van der Waals surface area contributed by atoms with Crippen molar-refractivity contribution < 1.29 is 18.3 Å². The number of rotatable bonds is 10. The topological polar surface area (TPSA) is 26.3 Å².